The van der Waals surface area contributed by atoms with Gasteiger partial charge in [-0.25, -0.2) is 0 Å². The number of fused-ring (bicyclic) bond motifs is 10. The maximum atomic E-state index is 2.57. The van der Waals surface area contributed by atoms with E-state index in [1.165, 1.54) is 107 Å². The summed E-state index contributed by atoms with van der Waals surface area (Å²) in [5.41, 5.74) is 12.3. The molecule has 0 saturated heterocycles. The van der Waals surface area contributed by atoms with E-state index in [1.807, 2.05) is 11.3 Å². The van der Waals surface area contributed by atoms with Crippen molar-refractivity contribution in [3.05, 3.63) is 194 Å². The first kappa shape index (κ1) is 33.9. The van der Waals surface area contributed by atoms with E-state index in [0.29, 0.717) is 0 Å². The van der Waals surface area contributed by atoms with Crippen molar-refractivity contribution in [3.8, 4) is 22.3 Å². The molecule has 0 fully saturated rings. The molecule has 0 radical (unpaired) electrons. The number of aromatic nitrogens is 1. The van der Waals surface area contributed by atoms with Crippen LogP contribution in [-0.2, 0) is 0 Å². The molecule has 4 heterocycles. The minimum atomic E-state index is -1.95. The van der Waals surface area contributed by atoms with E-state index in [-0.39, 0.29) is 0 Å². The number of hydrogen-bond donors (Lipinski definition) is 0. The number of hydrogen-bond acceptors (Lipinski definition) is 2. The molecule has 0 atom stereocenters. The number of para-hydroxylation sites is 2. The lowest BCUT2D eigenvalue weighted by atomic mass is 10.00. The summed E-state index contributed by atoms with van der Waals surface area (Å²) in [7, 11) is -1.95. The van der Waals surface area contributed by atoms with Crippen LogP contribution in [0.1, 0.15) is 0 Å². The summed E-state index contributed by atoms with van der Waals surface area (Å²) in [6.07, 6.45) is 0. The molecule has 0 unspecified atom stereocenters. The molecule has 1 aliphatic rings. The Hall–Kier alpha value is -6.98. The Morgan fingerprint density at radius 3 is 1.87 bits per heavy atom. The maximum Gasteiger partial charge on any atom is 0.113 e. The van der Waals surface area contributed by atoms with E-state index < -0.39 is 8.07 Å². The Labute approximate surface area is 352 Å². The molecular formula is C56H38N2SSi. The van der Waals surface area contributed by atoms with Crippen LogP contribution >= 0.6 is 11.3 Å². The van der Waals surface area contributed by atoms with Crippen molar-refractivity contribution < 1.29 is 0 Å². The van der Waals surface area contributed by atoms with Crippen molar-refractivity contribution in [3.63, 3.8) is 0 Å². The topological polar surface area (TPSA) is 7.65 Å². The van der Waals surface area contributed by atoms with Crippen LogP contribution < -0.4 is 15.3 Å². The van der Waals surface area contributed by atoms with E-state index in [4.69, 9.17) is 0 Å². The van der Waals surface area contributed by atoms with Crippen molar-refractivity contribution in [2.45, 2.75) is 13.1 Å². The Morgan fingerprint density at radius 1 is 0.417 bits per heavy atom. The average molecular weight is 799 g/mol. The Kier molecular flexibility index (Phi) is 7.08. The first-order valence-electron chi connectivity index (χ1n) is 20.9. The Balaban J connectivity index is 1.15. The van der Waals surface area contributed by atoms with Crippen molar-refractivity contribution in [2.75, 3.05) is 4.90 Å². The summed E-state index contributed by atoms with van der Waals surface area (Å²) in [4.78, 5) is 2.51. The highest BCUT2D eigenvalue weighted by molar-refractivity contribution is 7.26. The zero-order chi connectivity index (χ0) is 39.7. The second-order valence-electron chi connectivity index (χ2n) is 16.8. The van der Waals surface area contributed by atoms with Crippen LogP contribution in [0.2, 0.25) is 13.1 Å². The highest BCUT2D eigenvalue weighted by Gasteiger charge is 2.38. The maximum absolute atomic E-state index is 2.57. The molecule has 0 amide bonds. The number of nitrogens with zero attached hydrogens (tertiary/aromatic N) is 2. The van der Waals surface area contributed by atoms with Crippen LogP contribution in [0, 0.1) is 0 Å². The second kappa shape index (κ2) is 12.5. The van der Waals surface area contributed by atoms with Gasteiger partial charge in [0.25, 0.3) is 0 Å². The largest absolute Gasteiger partial charge is 0.310 e. The summed E-state index contributed by atoms with van der Waals surface area (Å²) >= 11 is 1.90. The third kappa shape index (κ3) is 4.63. The lowest BCUT2D eigenvalue weighted by Gasteiger charge is -2.29. The fourth-order valence-corrected chi connectivity index (χ4v) is 14.9. The Morgan fingerprint density at radius 2 is 1.02 bits per heavy atom. The minimum Gasteiger partial charge on any atom is -0.310 e. The lowest BCUT2D eigenvalue weighted by molar-refractivity contribution is 1.29. The normalized spacial score (nSPS) is 13.3. The van der Waals surface area contributed by atoms with Gasteiger partial charge in [0.05, 0.1) is 22.2 Å². The first-order chi connectivity index (χ1) is 29.5. The second-order valence-corrected chi connectivity index (χ2v) is 22.2. The first-order valence-corrected chi connectivity index (χ1v) is 24.7. The van der Waals surface area contributed by atoms with E-state index in [2.05, 4.69) is 217 Å². The van der Waals surface area contributed by atoms with Crippen molar-refractivity contribution in [2.24, 2.45) is 0 Å². The van der Waals surface area contributed by atoms with Crippen LogP contribution in [0.25, 0.3) is 91.3 Å². The standard InChI is InChI=1S/C56H38N2SSi/c1-60(2)52-28-11-9-20-41(52)42-31-29-37(34-53(42)60)57(47-24-10-8-17-38(47)35-15-4-3-5-16-35)36-30-32-48-46(33-36)45-23-12-22-44-40-19-7-6-18-39(40)43-21-13-26-50-54(43)55-49(58(48)56(44)45)25-14-27-51(55)59-50/h3-34H,1-2H3. The van der Waals surface area contributed by atoms with Crippen LogP contribution in [0.3, 0.4) is 0 Å². The van der Waals surface area contributed by atoms with Gasteiger partial charge in [-0.15, -0.1) is 11.3 Å². The number of benzene rings is 9. The monoisotopic (exact) mass is 798 g/mol. The average Bonchev–Trinajstić information content (AvgIpc) is 3.93. The molecule has 0 spiro atoms. The SMILES string of the molecule is C[Si]1(C)c2ccccc2-c2ccc(N(c3ccc4c(c3)c3cccc5c6ccccc6c6cccc7sc8cccc(c8c76)n4c53)c3ccccc3-c3ccccc3)cc21. The molecule has 3 aromatic heterocycles. The van der Waals surface area contributed by atoms with E-state index in [0.717, 1.165) is 11.4 Å². The molecule has 1 aliphatic heterocycles. The van der Waals surface area contributed by atoms with Crippen LogP contribution in [0.15, 0.2) is 194 Å². The van der Waals surface area contributed by atoms with Crippen LogP contribution in [0.4, 0.5) is 17.1 Å². The molecule has 0 saturated carbocycles. The van der Waals surface area contributed by atoms with Crippen LogP contribution in [0.5, 0.6) is 0 Å². The van der Waals surface area contributed by atoms with Gasteiger partial charge in [-0.2, -0.15) is 0 Å². The summed E-state index contributed by atoms with van der Waals surface area (Å²) in [6.45, 7) is 5.02. The molecule has 9 aromatic carbocycles. The molecule has 0 bridgehead atoms. The van der Waals surface area contributed by atoms with Crippen molar-refractivity contribution in [1.29, 1.82) is 0 Å². The van der Waals surface area contributed by atoms with E-state index >= 15 is 0 Å². The number of anilines is 3. The minimum absolute atomic E-state index is 1.14. The van der Waals surface area contributed by atoms with Gasteiger partial charge in [0.15, 0.2) is 0 Å². The van der Waals surface area contributed by atoms with Gasteiger partial charge < -0.3 is 9.30 Å². The van der Waals surface area contributed by atoms with Gasteiger partial charge >= 0.3 is 0 Å². The molecule has 13 rings (SSSR count). The van der Waals surface area contributed by atoms with Gasteiger partial charge in [-0.3, -0.25) is 0 Å². The molecular weight excluding hydrogens is 761 g/mol. The molecule has 2 nitrogen and oxygen atoms in total. The third-order valence-corrected chi connectivity index (χ3v) is 18.0. The van der Waals surface area contributed by atoms with Gasteiger partial charge in [0.1, 0.15) is 8.07 Å². The summed E-state index contributed by atoms with van der Waals surface area (Å²) in [5.74, 6) is 0. The Bertz CT molecular complexity index is 3760. The van der Waals surface area contributed by atoms with Gasteiger partial charge in [-0.1, -0.05) is 153 Å². The van der Waals surface area contributed by atoms with Crippen LogP contribution in [-0.4, -0.2) is 12.5 Å². The predicted molar refractivity (Wildman–Crippen MR) is 263 cm³/mol. The van der Waals surface area contributed by atoms with E-state index in [1.54, 1.807) is 0 Å². The fourth-order valence-electron chi connectivity index (χ4n) is 10.7. The summed E-state index contributed by atoms with van der Waals surface area (Å²) in [6, 6.07) is 72.9. The highest BCUT2D eigenvalue weighted by Crippen LogP contribution is 2.47. The van der Waals surface area contributed by atoms with Crippen molar-refractivity contribution >= 4 is 116 Å². The molecule has 60 heavy (non-hydrogen) atoms. The zero-order valence-corrected chi connectivity index (χ0v) is 35.1. The van der Waals surface area contributed by atoms with Gasteiger partial charge in [-0.05, 0) is 97.8 Å². The lowest BCUT2D eigenvalue weighted by Crippen LogP contribution is -2.49. The van der Waals surface area contributed by atoms with Crippen molar-refractivity contribution in [1.82, 2.24) is 4.40 Å². The molecule has 12 aromatic rings. The molecule has 282 valence electrons. The fraction of sp³-hybridized carbons (Fsp3) is 0.0357. The molecule has 0 aliphatic carbocycles. The predicted octanol–water partition coefficient (Wildman–Crippen LogP) is 14.9. The highest BCUT2D eigenvalue weighted by atomic mass is 32.1. The quantitative estimate of drug-likeness (QED) is 0.161. The van der Waals surface area contributed by atoms with E-state index in [9.17, 15) is 0 Å². The van der Waals surface area contributed by atoms with Gasteiger partial charge in [0.2, 0.25) is 0 Å². The molecule has 0 N–H and O–H groups in total. The number of thiophene rings is 1. The molecule has 4 heteroatoms. The third-order valence-electron chi connectivity index (χ3n) is 13.3. The smallest absolute Gasteiger partial charge is 0.113 e. The number of rotatable bonds is 4. The van der Waals surface area contributed by atoms with Gasteiger partial charge in [0, 0.05) is 53.3 Å². The zero-order valence-electron chi connectivity index (χ0n) is 33.3. The summed E-state index contributed by atoms with van der Waals surface area (Å²) < 4.78 is 5.20. The summed E-state index contributed by atoms with van der Waals surface area (Å²) in [5, 5.41) is 13.3.